The molecule has 1 fully saturated rings. The van der Waals surface area contributed by atoms with Gasteiger partial charge in [-0.15, -0.1) is 0 Å². The number of hydrogen-bond acceptors (Lipinski definition) is 3. The van der Waals surface area contributed by atoms with Crippen LogP contribution in [0, 0.1) is 6.92 Å². The number of rotatable bonds is 1. The molecule has 0 bridgehead atoms. The maximum Gasteiger partial charge on any atom is 0.410 e. The highest BCUT2D eigenvalue weighted by Gasteiger charge is 2.32. The first-order valence-electron chi connectivity index (χ1n) is 7.56. The summed E-state index contributed by atoms with van der Waals surface area (Å²) >= 11 is 0. The number of nitrogens with two attached hydrogens (primary N) is 1. The van der Waals surface area contributed by atoms with E-state index in [4.69, 9.17) is 10.5 Å². The Kier molecular flexibility index (Phi) is 4.57. The largest absolute Gasteiger partial charge is 0.444 e. The van der Waals surface area contributed by atoms with Gasteiger partial charge in [0.05, 0.1) is 0 Å². The Morgan fingerprint density at radius 2 is 2.10 bits per heavy atom. The Labute approximate surface area is 127 Å². The van der Waals surface area contributed by atoms with E-state index in [1.807, 2.05) is 26.8 Å². The predicted molar refractivity (Wildman–Crippen MR) is 84.3 cm³/mol. The average molecular weight is 290 g/mol. The number of hydrogen-bond donors (Lipinski definition) is 1. The molecule has 1 saturated heterocycles. The van der Waals surface area contributed by atoms with E-state index in [2.05, 4.69) is 25.1 Å². The number of carbonyl (C=O) groups excluding carboxylic acids is 1. The second-order valence-electron chi connectivity index (χ2n) is 6.90. The Bertz CT molecular complexity index is 508. The van der Waals surface area contributed by atoms with Crippen LogP contribution in [0.25, 0.3) is 0 Å². The molecule has 116 valence electrons. The van der Waals surface area contributed by atoms with Crippen molar-refractivity contribution in [3.05, 3.63) is 35.4 Å². The standard InChI is InChI=1S/C17H26N2O2/c1-12-6-5-7-13(10-12)14-11-19(9-8-15(14)18)16(20)21-17(2,3)4/h5-7,10,14-15H,8-9,11,18H2,1-4H3/t14-,15+/m0/s1. The molecule has 1 aliphatic rings. The number of piperidine rings is 1. The summed E-state index contributed by atoms with van der Waals surface area (Å²) in [6.07, 6.45) is 0.560. The maximum absolute atomic E-state index is 12.2. The van der Waals surface area contributed by atoms with Crippen molar-refractivity contribution in [2.75, 3.05) is 13.1 Å². The van der Waals surface area contributed by atoms with E-state index in [9.17, 15) is 4.79 Å². The van der Waals surface area contributed by atoms with Gasteiger partial charge in [-0.2, -0.15) is 0 Å². The fraction of sp³-hybridized carbons (Fsp3) is 0.588. The average Bonchev–Trinajstić information content (AvgIpc) is 2.37. The van der Waals surface area contributed by atoms with Gasteiger partial charge in [0.2, 0.25) is 0 Å². The van der Waals surface area contributed by atoms with Gasteiger partial charge in [0, 0.05) is 25.0 Å². The minimum Gasteiger partial charge on any atom is -0.444 e. The van der Waals surface area contributed by atoms with Crippen LogP contribution in [0.1, 0.15) is 44.2 Å². The van der Waals surface area contributed by atoms with Crippen molar-refractivity contribution in [1.29, 1.82) is 0 Å². The highest BCUT2D eigenvalue weighted by atomic mass is 16.6. The molecule has 4 nitrogen and oxygen atoms in total. The topological polar surface area (TPSA) is 55.6 Å². The SMILES string of the molecule is Cc1cccc([C@@H]2CN(C(=O)OC(C)(C)C)CC[C@H]2N)c1. The van der Waals surface area contributed by atoms with Crippen LogP contribution in [0.3, 0.4) is 0 Å². The molecule has 2 N–H and O–H groups in total. The lowest BCUT2D eigenvalue weighted by Crippen LogP contribution is -2.49. The summed E-state index contributed by atoms with van der Waals surface area (Å²) in [5.41, 5.74) is 8.23. The maximum atomic E-state index is 12.2. The minimum atomic E-state index is -0.463. The number of carbonyl (C=O) groups is 1. The summed E-state index contributed by atoms with van der Waals surface area (Å²) in [5, 5.41) is 0. The summed E-state index contributed by atoms with van der Waals surface area (Å²) in [4.78, 5) is 14.0. The van der Waals surface area contributed by atoms with Crippen molar-refractivity contribution < 1.29 is 9.53 Å². The van der Waals surface area contributed by atoms with Crippen molar-refractivity contribution >= 4 is 6.09 Å². The lowest BCUT2D eigenvalue weighted by molar-refractivity contribution is 0.0186. The molecular weight excluding hydrogens is 264 g/mol. The third kappa shape index (κ3) is 4.21. The highest BCUT2D eigenvalue weighted by Crippen LogP contribution is 2.27. The second-order valence-corrected chi connectivity index (χ2v) is 6.90. The molecule has 0 radical (unpaired) electrons. The van der Waals surface area contributed by atoms with Crippen molar-refractivity contribution in [3.8, 4) is 0 Å². The lowest BCUT2D eigenvalue weighted by Gasteiger charge is -2.37. The normalized spacial score (nSPS) is 23.0. The van der Waals surface area contributed by atoms with Gasteiger partial charge >= 0.3 is 6.09 Å². The Hall–Kier alpha value is -1.55. The smallest absolute Gasteiger partial charge is 0.410 e. The van der Waals surface area contributed by atoms with E-state index in [0.717, 1.165) is 6.42 Å². The molecule has 1 aliphatic heterocycles. The van der Waals surface area contributed by atoms with Gasteiger partial charge in [0.15, 0.2) is 0 Å². The van der Waals surface area contributed by atoms with Gasteiger partial charge in [0.25, 0.3) is 0 Å². The fourth-order valence-electron chi connectivity index (χ4n) is 2.72. The minimum absolute atomic E-state index is 0.0884. The van der Waals surface area contributed by atoms with Crippen molar-refractivity contribution in [2.24, 2.45) is 5.73 Å². The van der Waals surface area contributed by atoms with Crippen molar-refractivity contribution in [3.63, 3.8) is 0 Å². The molecule has 4 heteroatoms. The summed E-state index contributed by atoms with van der Waals surface area (Å²) in [6.45, 7) is 9.03. The van der Waals surface area contributed by atoms with E-state index in [1.165, 1.54) is 11.1 Å². The Balaban J connectivity index is 2.11. The first-order chi connectivity index (χ1) is 9.76. The third-order valence-electron chi connectivity index (χ3n) is 3.79. The van der Waals surface area contributed by atoms with Crippen molar-refractivity contribution in [1.82, 2.24) is 4.90 Å². The van der Waals surface area contributed by atoms with Gasteiger partial charge in [0.1, 0.15) is 5.60 Å². The summed E-state index contributed by atoms with van der Waals surface area (Å²) in [5.74, 6) is 0.172. The number of nitrogens with zero attached hydrogens (tertiary/aromatic N) is 1. The van der Waals surface area contributed by atoms with Gasteiger partial charge in [-0.3, -0.25) is 0 Å². The first-order valence-corrected chi connectivity index (χ1v) is 7.56. The van der Waals surface area contributed by atoms with E-state index < -0.39 is 5.60 Å². The Morgan fingerprint density at radius 1 is 1.38 bits per heavy atom. The van der Waals surface area contributed by atoms with Gasteiger partial charge < -0.3 is 15.4 Å². The zero-order valence-corrected chi connectivity index (χ0v) is 13.4. The first kappa shape index (κ1) is 15.8. The molecular formula is C17H26N2O2. The van der Waals surface area contributed by atoms with E-state index >= 15 is 0 Å². The van der Waals surface area contributed by atoms with Crippen LogP contribution in [-0.4, -0.2) is 35.7 Å². The van der Waals surface area contributed by atoms with Gasteiger partial charge in [-0.25, -0.2) is 4.79 Å². The van der Waals surface area contributed by atoms with Crippen molar-refractivity contribution in [2.45, 2.75) is 51.7 Å². The van der Waals surface area contributed by atoms with Crippen LogP contribution in [-0.2, 0) is 4.74 Å². The quantitative estimate of drug-likeness (QED) is 0.865. The van der Waals surface area contributed by atoms with Crippen LogP contribution in [0.4, 0.5) is 4.79 Å². The second kappa shape index (κ2) is 6.06. The number of likely N-dealkylation sites (tertiary alicyclic amines) is 1. The summed E-state index contributed by atoms with van der Waals surface area (Å²) in [7, 11) is 0. The summed E-state index contributed by atoms with van der Waals surface area (Å²) in [6, 6.07) is 8.46. The molecule has 0 aliphatic carbocycles. The third-order valence-corrected chi connectivity index (χ3v) is 3.79. The van der Waals surface area contributed by atoms with Crippen LogP contribution < -0.4 is 5.73 Å². The van der Waals surface area contributed by atoms with E-state index in [0.29, 0.717) is 13.1 Å². The number of benzene rings is 1. The Morgan fingerprint density at radius 3 is 2.71 bits per heavy atom. The molecule has 2 rings (SSSR count). The number of ether oxygens (including phenoxy) is 1. The molecule has 0 saturated carbocycles. The van der Waals surface area contributed by atoms with Gasteiger partial charge in [-0.05, 0) is 39.7 Å². The predicted octanol–water partition coefficient (Wildman–Crippen LogP) is 3.05. The molecule has 1 aromatic carbocycles. The molecule has 0 aromatic heterocycles. The van der Waals surface area contributed by atoms with E-state index in [-0.39, 0.29) is 18.1 Å². The zero-order chi connectivity index (χ0) is 15.6. The van der Waals surface area contributed by atoms with E-state index in [1.54, 1.807) is 4.90 Å². The molecule has 21 heavy (non-hydrogen) atoms. The number of amides is 1. The van der Waals surface area contributed by atoms with Gasteiger partial charge in [-0.1, -0.05) is 29.8 Å². The van der Waals surface area contributed by atoms with Crippen LogP contribution in [0.15, 0.2) is 24.3 Å². The van der Waals surface area contributed by atoms with Crippen LogP contribution in [0.5, 0.6) is 0 Å². The fourth-order valence-corrected chi connectivity index (χ4v) is 2.72. The molecule has 2 atom stereocenters. The molecule has 1 heterocycles. The lowest BCUT2D eigenvalue weighted by atomic mass is 9.86. The number of aryl methyl sites for hydroxylation is 1. The molecule has 0 spiro atoms. The highest BCUT2D eigenvalue weighted by molar-refractivity contribution is 5.68. The van der Waals surface area contributed by atoms with Crippen LogP contribution >= 0.6 is 0 Å². The molecule has 1 amide bonds. The summed E-state index contributed by atoms with van der Waals surface area (Å²) < 4.78 is 5.47. The molecule has 1 aromatic rings. The monoisotopic (exact) mass is 290 g/mol. The zero-order valence-electron chi connectivity index (χ0n) is 13.4. The van der Waals surface area contributed by atoms with Crippen LogP contribution in [0.2, 0.25) is 0 Å². The molecule has 0 unspecified atom stereocenters.